The number of hydrogen-bond acceptors (Lipinski definition) is 2. The van der Waals surface area contributed by atoms with E-state index < -0.39 is 0 Å². The molecule has 5 aromatic rings. The highest BCUT2D eigenvalue weighted by Gasteiger charge is 2.42. The van der Waals surface area contributed by atoms with E-state index in [-0.39, 0.29) is 6.71 Å². The van der Waals surface area contributed by atoms with E-state index >= 15 is 0 Å². The molecule has 0 aliphatic carbocycles. The molecule has 0 saturated heterocycles. The maximum absolute atomic E-state index is 2.47. The summed E-state index contributed by atoms with van der Waals surface area (Å²) in [4.78, 5) is 4.94. The Balaban J connectivity index is 1.58. The topological polar surface area (TPSA) is 6.48 Å². The number of nitrogens with zero attached hydrogens (tertiary/aromatic N) is 2. The van der Waals surface area contributed by atoms with Crippen molar-refractivity contribution in [3.05, 3.63) is 125 Å². The molecular formula is C34H29BN2. The molecule has 2 heterocycles. The summed E-state index contributed by atoms with van der Waals surface area (Å²) in [6.07, 6.45) is 0. The van der Waals surface area contributed by atoms with Crippen molar-refractivity contribution < 1.29 is 0 Å². The molecule has 7 rings (SSSR count). The van der Waals surface area contributed by atoms with E-state index in [0.717, 1.165) is 0 Å². The van der Waals surface area contributed by atoms with Crippen LogP contribution < -0.4 is 26.2 Å². The zero-order chi connectivity index (χ0) is 25.3. The molecule has 0 radical (unpaired) electrons. The van der Waals surface area contributed by atoms with Gasteiger partial charge in [0.25, 0.3) is 6.71 Å². The van der Waals surface area contributed by atoms with Gasteiger partial charge in [-0.3, -0.25) is 0 Å². The number of fused-ring (bicyclic) bond motifs is 4. The summed E-state index contributed by atoms with van der Waals surface area (Å²) in [5, 5.41) is 0. The van der Waals surface area contributed by atoms with Crippen LogP contribution in [0.1, 0.15) is 22.3 Å². The zero-order valence-corrected chi connectivity index (χ0v) is 21.8. The number of benzene rings is 5. The van der Waals surface area contributed by atoms with E-state index in [1.807, 2.05) is 0 Å². The average molecular weight is 476 g/mol. The minimum atomic E-state index is 0.180. The van der Waals surface area contributed by atoms with Gasteiger partial charge in [0.05, 0.1) is 0 Å². The van der Waals surface area contributed by atoms with E-state index in [9.17, 15) is 0 Å². The predicted molar refractivity (Wildman–Crippen MR) is 159 cm³/mol. The van der Waals surface area contributed by atoms with E-state index in [0.29, 0.717) is 0 Å². The average Bonchev–Trinajstić information content (AvgIpc) is 2.88. The molecule has 0 saturated carbocycles. The van der Waals surface area contributed by atoms with Gasteiger partial charge in [-0.2, -0.15) is 0 Å². The number of rotatable bonds is 2. The molecule has 0 spiro atoms. The maximum Gasteiger partial charge on any atom is 0.252 e. The third-order valence-electron chi connectivity index (χ3n) is 7.83. The molecule has 0 N–H and O–H groups in total. The van der Waals surface area contributed by atoms with Crippen LogP contribution in [0.4, 0.5) is 34.1 Å². The van der Waals surface area contributed by atoms with Gasteiger partial charge in [-0.15, -0.1) is 0 Å². The first kappa shape index (κ1) is 22.0. The Morgan fingerprint density at radius 1 is 0.432 bits per heavy atom. The van der Waals surface area contributed by atoms with Crippen LogP contribution >= 0.6 is 0 Å². The summed E-state index contributed by atoms with van der Waals surface area (Å²) in [7, 11) is 0. The fourth-order valence-electron chi connectivity index (χ4n) is 6.24. The first-order valence-electron chi connectivity index (χ1n) is 13.1. The summed E-state index contributed by atoms with van der Waals surface area (Å²) < 4.78 is 0. The molecule has 2 aliphatic heterocycles. The Bertz CT molecular complexity index is 1580. The second-order valence-corrected chi connectivity index (χ2v) is 10.6. The van der Waals surface area contributed by atoms with Crippen LogP contribution in [-0.4, -0.2) is 6.71 Å². The van der Waals surface area contributed by atoms with Crippen LogP contribution in [-0.2, 0) is 0 Å². The second-order valence-electron chi connectivity index (χ2n) is 10.6. The number of hydrogen-bond donors (Lipinski definition) is 0. The first-order valence-corrected chi connectivity index (χ1v) is 13.1. The van der Waals surface area contributed by atoms with Crippen LogP contribution in [0, 0.1) is 27.7 Å². The smallest absolute Gasteiger partial charge is 0.252 e. The van der Waals surface area contributed by atoms with E-state index in [1.165, 1.54) is 72.8 Å². The molecule has 2 nitrogen and oxygen atoms in total. The highest BCUT2D eigenvalue weighted by molar-refractivity contribution is 7.00. The van der Waals surface area contributed by atoms with Gasteiger partial charge in [-0.1, -0.05) is 54.6 Å². The van der Waals surface area contributed by atoms with Crippen molar-refractivity contribution in [3.63, 3.8) is 0 Å². The van der Waals surface area contributed by atoms with Crippen LogP contribution in [0.2, 0.25) is 0 Å². The highest BCUT2D eigenvalue weighted by Crippen LogP contribution is 2.44. The summed E-state index contributed by atoms with van der Waals surface area (Å²) in [5.41, 5.74) is 16.7. The fraction of sp³-hybridized carbons (Fsp3) is 0.118. The molecule has 178 valence electrons. The Morgan fingerprint density at radius 2 is 0.865 bits per heavy atom. The van der Waals surface area contributed by atoms with Crippen molar-refractivity contribution in [2.24, 2.45) is 0 Å². The van der Waals surface area contributed by atoms with Crippen molar-refractivity contribution >= 4 is 57.2 Å². The molecule has 0 bridgehead atoms. The lowest BCUT2D eigenvalue weighted by Crippen LogP contribution is -2.61. The fourth-order valence-corrected chi connectivity index (χ4v) is 6.24. The molecule has 0 atom stereocenters. The minimum absolute atomic E-state index is 0.180. The maximum atomic E-state index is 2.47. The van der Waals surface area contributed by atoms with Crippen molar-refractivity contribution in [2.75, 3.05) is 9.80 Å². The monoisotopic (exact) mass is 476 g/mol. The van der Waals surface area contributed by atoms with Gasteiger partial charge in [0.1, 0.15) is 0 Å². The molecule has 0 aromatic heterocycles. The van der Waals surface area contributed by atoms with Crippen molar-refractivity contribution in [1.29, 1.82) is 0 Å². The van der Waals surface area contributed by atoms with E-state index in [1.54, 1.807) is 0 Å². The minimum Gasteiger partial charge on any atom is -0.311 e. The third kappa shape index (κ3) is 3.34. The van der Waals surface area contributed by atoms with Gasteiger partial charge >= 0.3 is 0 Å². The zero-order valence-electron chi connectivity index (χ0n) is 21.8. The van der Waals surface area contributed by atoms with Crippen LogP contribution in [0.5, 0.6) is 0 Å². The standard InChI is InChI=1S/C34H29BN2/c1-22-8-5-10-26(18-22)36-30-12-7-13-31-34(30)35(28-16-14-24(3)20-32(28)36)29-17-15-25(4)21-33(29)37(31)27-11-6-9-23(2)19-27/h5-21H,1-4H3. The molecular weight excluding hydrogens is 447 g/mol. The Hall–Kier alpha value is -4.24. The van der Waals surface area contributed by atoms with E-state index in [2.05, 4.69) is 141 Å². The van der Waals surface area contributed by atoms with Gasteiger partial charge in [0, 0.05) is 34.1 Å². The Labute approximate surface area is 219 Å². The van der Waals surface area contributed by atoms with Gasteiger partial charge in [0.2, 0.25) is 0 Å². The van der Waals surface area contributed by atoms with Crippen LogP contribution in [0.15, 0.2) is 103 Å². The lowest BCUT2D eigenvalue weighted by atomic mass is 9.33. The molecule has 0 unspecified atom stereocenters. The first-order chi connectivity index (χ1) is 18.0. The Kier molecular flexibility index (Phi) is 4.84. The van der Waals surface area contributed by atoms with Crippen molar-refractivity contribution in [3.8, 4) is 0 Å². The number of aryl methyl sites for hydroxylation is 4. The third-order valence-corrected chi connectivity index (χ3v) is 7.83. The molecule has 0 amide bonds. The largest absolute Gasteiger partial charge is 0.311 e. The molecule has 2 aliphatic rings. The lowest BCUT2D eigenvalue weighted by Gasteiger charge is -2.44. The van der Waals surface area contributed by atoms with Crippen LogP contribution in [0.25, 0.3) is 0 Å². The second kappa shape index (κ2) is 8.14. The summed E-state index contributed by atoms with van der Waals surface area (Å²) in [6, 6.07) is 38.5. The van der Waals surface area contributed by atoms with Gasteiger partial charge in [-0.05, 0) is 115 Å². The molecule has 0 fully saturated rings. The van der Waals surface area contributed by atoms with Gasteiger partial charge in [0.15, 0.2) is 0 Å². The summed E-state index contributed by atoms with van der Waals surface area (Å²) in [6.45, 7) is 8.91. The van der Waals surface area contributed by atoms with Crippen molar-refractivity contribution in [2.45, 2.75) is 27.7 Å². The molecule has 5 aromatic carbocycles. The molecule has 3 heteroatoms. The summed E-state index contributed by atoms with van der Waals surface area (Å²) in [5.74, 6) is 0. The predicted octanol–water partition coefficient (Wildman–Crippen LogP) is 7.00. The quantitative estimate of drug-likeness (QED) is 0.248. The molecule has 37 heavy (non-hydrogen) atoms. The SMILES string of the molecule is Cc1cccc(N2c3cc(C)ccc3B3c4ccc(C)cc4N(c4cccc(C)c4)c4cccc2c43)c1. The summed E-state index contributed by atoms with van der Waals surface area (Å²) >= 11 is 0. The highest BCUT2D eigenvalue weighted by atomic mass is 15.2. The van der Waals surface area contributed by atoms with Crippen LogP contribution in [0.3, 0.4) is 0 Å². The van der Waals surface area contributed by atoms with Gasteiger partial charge < -0.3 is 9.80 Å². The van der Waals surface area contributed by atoms with Crippen molar-refractivity contribution in [1.82, 2.24) is 0 Å². The lowest BCUT2D eigenvalue weighted by molar-refractivity contribution is 1.23. The van der Waals surface area contributed by atoms with Gasteiger partial charge in [-0.25, -0.2) is 0 Å². The van der Waals surface area contributed by atoms with E-state index in [4.69, 9.17) is 0 Å². The number of anilines is 6. The normalized spacial score (nSPS) is 13.2. The Morgan fingerprint density at radius 3 is 1.32 bits per heavy atom.